The van der Waals surface area contributed by atoms with E-state index < -0.39 is 0 Å². The summed E-state index contributed by atoms with van der Waals surface area (Å²) in [5.74, 6) is 0. The van der Waals surface area contributed by atoms with Gasteiger partial charge in [-0.1, -0.05) is 29.8 Å². The Hall–Kier alpha value is -0.570. The molecule has 2 nitrogen and oxygen atoms in total. The zero-order valence-corrected chi connectivity index (χ0v) is 9.56. The summed E-state index contributed by atoms with van der Waals surface area (Å²) in [6.45, 7) is 2.91. The molecule has 0 saturated heterocycles. The van der Waals surface area contributed by atoms with Gasteiger partial charge in [0.1, 0.15) is 0 Å². The minimum Gasteiger partial charge on any atom is -0.313 e. The van der Waals surface area contributed by atoms with Gasteiger partial charge in [0.05, 0.1) is 0 Å². The molecule has 1 aromatic rings. The summed E-state index contributed by atoms with van der Waals surface area (Å²) in [5.41, 5.74) is 1.17. The summed E-state index contributed by atoms with van der Waals surface area (Å²) in [4.78, 5) is 0. The van der Waals surface area contributed by atoms with Crippen LogP contribution in [0.2, 0.25) is 5.02 Å². The average Bonchev–Trinajstić information content (AvgIpc) is 3.04. The van der Waals surface area contributed by atoms with Crippen LogP contribution in [0.15, 0.2) is 24.3 Å². The van der Waals surface area contributed by atoms with E-state index in [0.717, 1.165) is 30.7 Å². The second kappa shape index (κ2) is 5.50. The molecule has 0 aromatic heterocycles. The smallest absolute Gasteiger partial charge is 0.0450 e. The van der Waals surface area contributed by atoms with Crippen LogP contribution in [0.1, 0.15) is 18.4 Å². The Morgan fingerprint density at radius 2 is 2.00 bits per heavy atom. The molecule has 0 amide bonds. The van der Waals surface area contributed by atoms with Crippen molar-refractivity contribution in [1.82, 2.24) is 10.6 Å². The van der Waals surface area contributed by atoms with E-state index in [9.17, 15) is 0 Å². The van der Waals surface area contributed by atoms with E-state index in [1.807, 2.05) is 18.2 Å². The van der Waals surface area contributed by atoms with Crippen LogP contribution in [0.25, 0.3) is 0 Å². The lowest BCUT2D eigenvalue weighted by Crippen LogP contribution is -2.28. The Morgan fingerprint density at radius 1 is 1.20 bits per heavy atom. The molecule has 0 aliphatic heterocycles. The van der Waals surface area contributed by atoms with Gasteiger partial charge in [-0.15, -0.1) is 0 Å². The molecule has 0 radical (unpaired) electrons. The van der Waals surface area contributed by atoms with Gasteiger partial charge in [0.2, 0.25) is 0 Å². The normalized spacial score (nSPS) is 15.5. The Morgan fingerprint density at radius 3 is 2.73 bits per heavy atom. The van der Waals surface area contributed by atoms with Gasteiger partial charge in [-0.05, 0) is 24.5 Å². The van der Waals surface area contributed by atoms with Crippen LogP contribution in [-0.2, 0) is 6.54 Å². The van der Waals surface area contributed by atoms with Gasteiger partial charge in [-0.3, -0.25) is 0 Å². The van der Waals surface area contributed by atoms with Crippen molar-refractivity contribution in [3.8, 4) is 0 Å². The predicted octanol–water partition coefficient (Wildman–Crippen LogP) is 2.18. The highest BCUT2D eigenvalue weighted by Gasteiger charge is 2.19. The number of benzene rings is 1. The van der Waals surface area contributed by atoms with E-state index >= 15 is 0 Å². The molecule has 0 unspecified atom stereocenters. The van der Waals surface area contributed by atoms with Gasteiger partial charge < -0.3 is 10.6 Å². The van der Waals surface area contributed by atoms with Crippen molar-refractivity contribution in [1.29, 1.82) is 0 Å². The number of nitrogens with one attached hydrogen (secondary N) is 2. The average molecular weight is 225 g/mol. The van der Waals surface area contributed by atoms with Crippen LogP contribution >= 0.6 is 11.6 Å². The first-order chi connectivity index (χ1) is 7.36. The van der Waals surface area contributed by atoms with Gasteiger partial charge in [-0.25, -0.2) is 0 Å². The van der Waals surface area contributed by atoms with Gasteiger partial charge in [-0.2, -0.15) is 0 Å². The summed E-state index contributed by atoms with van der Waals surface area (Å²) in [7, 11) is 0. The van der Waals surface area contributed by atoms with E-state index in [4.69, 9.17) is 11.6 Å². The molecule has 2 rings (SSSR count). The standard InChI is InChI=1S/C12H17ClN2/c13-12-4-2-1-3-10(12)9-14-7-8-15-11-5-6-11/h1-4,11,14-15H,5-9H2. The molecule has 1 aromatic carbocycles. The fourth-order valence-corrected chi connectivity index (χ4v) is 1.72. The number of halogens is 1. The summed E-state index contributed by atoms with van der Waals surface area (Å²) in [6.07, 6.45) is 2.70. The maximum Gasteiger partial charge on any atom is 0.0450 e. The summed E-state index contributed by atoms with van der Waals surface area (Å²) in [6, 6.07) is 8.77. The molecule has 15 heavy (non-hydrogen) atoms. The molecule has 2 N–H and O–H groups in total. The Labute approximate surface area is 96.0 Å². The maximum absolute atomic E-state index is 6.04. The molecule has 0 bridgehead atoms. The quantitative estimate of drug-likeness (QED) is 0.724. The molecule has 82 valence electrons. The fraction of sp³-hybridized carbons (Fsp3) is 0.500. The lowest BCUT2D eigenvalue weighted by molar-refractivity contribution is 0.609. The van der Waals surface area contributed by atoms with Crippen molar-refractivity contribution in [2.24, 2.45) is 0 Å². The second-order valence-corrected chi connectivity index (χ2v) is 4.40. The van der Waals surface area contributed by atoms with E-state index in [-0.39, 0.29) is 0 Å². The predicted molar refractivity (Wildman–Crippen MR) is 64.2 cm³/mol. The van der Waals surface area contributed by atoms with Crippen LogP contribution < -0.4 is 10.6 Å². The zero-order chi connectivity index (χ0) is 10.5. The van der Waals surface area contributed by atoms with Crippen molar-refractivity contribution in [3.63, 3.8) is 0 Å². The van der Waals surface area contributed by atoms with Gasteiger partial charge in [0.15, 0.2) is 0 Å². The van der Waals surface area contributed by atoms with Crippen molar-refractivity contribution in [3.05, 3.63) is 34.9 Å². The third-order valence-corrected chi connectivity index (χ3v) is 2.95. The highest BCUT2D eigenvalue weighted by Crippen LogP contribution is 2.18. The van der Waals surface area contributed by atoms with E-state index in [2.05, 4.69) is 16.7 Å². The van der Waals surface area contributed by atoms with Crippen molar-refractivity contribution < 1.29 is 0 Å². The molecule has 0 spiro atoms. The maximum atomic E-state index is 6.04. The minimum absolute atomic E-state index is 0.798. The molecular formula is C12H17ClN2. The third-order valence-electron chi connectivity index (χ3n) is 2.59. The first-order valence-electron chi connectivity index (χ1n) is 5.54. The summed E-state index contributed by atoms with van der Waals surface area (Å²) in [5, 5.41) is 7.69. The molecule has 1 aliphatic rings. The Balaban J connectivity index is 1.62. The third kappa shape index (κ3) is 3.82. The molecular weight excluding hydrogens is 208 g/mol. The topological polar surface area (TPSA) is 24.1 Å². The fourth-order valence-electron chi connectivity index (χ4n) is 1.52. The molecule has 1 fully saturated rings. The summed E-state index contributed by atoms with van der Waals surface area (Å²) < 4.78 is 0. The van der Waals surface area contributed by atoms with E-state index in [1.54, 1.807) is 0 Å². The molecule has 3 heteroatoms. The molecule has 0 heterocycles. The lowest BCUT2D eigenvalue weighted by Gasteiger charge is -2.07. The van der Waals surface area contributed by atoms with E-state index in [0.29, 0.717) is 0 Å². The molecule has 1 aliphatic carbocycles. The number of rotatable bonds is 6. The largest absolute Gasteiger partial charge is 0.313 e. The van der Waals surface area contributed by atoms with Crippen LogP contribution in [0.5, 0.6) is 0 Å². The monoisotopic (exact) mass is 224 g/mol. The van der Waals surface area contributed by atoms with Gasteiger partial charge in [0, 0.05) is 30.7 Å². The molecule has 1 saturated carbocycles. The van der Waals surface area contributed by atoms with Crippen molar-refractivity contribution >= 4 is 11.6 Å². The van der Waals surface area contributed by atoms with Crippen LogP contribution in [0.4, 0.5) is 0 Å². The highest BCUT2D eigenvalue weighted by molar-refractivity contribution is 6.31. The van der Waals surface area contributed by atoms with Gasteiger partial charge in [0.25, 0.3) is 0 Å². The van der Waals surface area contributed by atoms with Crippen LogP contribution in [0.3, 0.4) is 0 Å². The van der Waals surface area contributed by atoms with Crippen LogP contribution in [0, 0.1) is 0 Å². The first-order valence-corrected chi connectivity index (χ1v) is 5.91. The lowest BCUT2D eigenvalue weighted by atomic mass is 10.2. The first kappa shape index (κ1) is 10.9. The van der Waals surface area contributed by atoms with Crippen molar-refractivity contribution in [2.75, 3.05) is 13.1 Å². The van der Waals surface area contributed by atoms with E-state index in [1.165, 1.54) is 18.4 Å². The van der Waals surface area contributed by atoms with Crippen molar-refractivity contribution in [2.45, 2.75) is 25.4 Å². The second-order valence-electron chi connectivity index (χ2n) is 4.00. The Bertz CT molecular complexity index is 310. The Kier molecular flexibility index (Phi) is 4.01. The highest BCUT2D eigenvalue weighted by atomic mass is 35.5. The van der Waals surface area contributed by atoms with Gasteiger partial charge >= 0.3 is 0 Å². The van der Waals surface area contributed by atoms with Crippen LogP contribution in [-0.4, -0.2) is 19.1 Å². The summed E-state index contributed by atoms with van der Waals surface area (Å²) >= 11 is 6.04. The molecule has 0 atom stereocenters. The zero-order valence-electron chi connectivity index (χ0n) is 8.80. The SMILES string of the molecule is Clc1ccccc1CNCCNC1CC1. The minimum atomic E-state index is 0.798. The number of hydrogen-bond acceptors (Lipinski definition) is 2. The number of hydrogen-bond donors (Lipinski definition) is 2.